The van der Waals surface area contributed by atoms with Crippen LogP contribution >= 0.6 is 11.3 Å². The molecule has 0 spiro atoms. The summed E-state index contributed by atoms with van der Waals surface area (Å²) in [6, 6.07) is 15.4. The number of hydrogen-bond donors (Lipinski definition) is 1. The molecule has 12 heteroatoms. The predicted molar refractivity (Wildman–Crippen MR) is 122 cm³/mol. The number of carbonyl (C=O) groups excluding carboxylic acids is 1. The molecule has 3 heterocycles. The molecule has 0 unspecified atom stereocenters. The Morgan fingerprint density at radius 1 is 1.14 bits per heavy atom. The third-order valence-electron chi connectivity index (χ3n) is 5.42. The largest absolute Gasteiger partial charge is 0.539 e. The Bertz CT molecular complexity index is 1600. The van der Waals surface area contributed by atoms with Crippen LogP contribution in [0.4, 0.5) is 18.9 Å². The van der Waals surface area contributed by atoms with E-state index in [1.165, 1.54) is 7.11 Å². The number of fused-ring (bicyclic) bond motifs is 1. The number of carbonyl (C=O) groups is 1. The number of para-hydroxylation sites is 1. The van der Waals surface area contributed by atoms with Crippen molar-refractivity contribution >= 4 is 33.0 Å². The highest BCUT2D eigenvalue weighted by Crippen LogP contribution is 2.44. The van der Waals surface area contributed by atoms with Crippen molar-refractivity contribution in [2.45, 2.75) is 6.18 Å². The molecule has 182 valence electrons. The number of nitrogens with zero attached hydrogens (tertiary/aromatic N) is 3. The molecule has 0 saturated heterocycles. The van der Waals surface area contributed by atoms with E-state index in [4.69, 9.17) is 10.5 Å². The van der Waals surface area contributed by atoms with E-state index in [1.807, 2.05) is 0 Å². The van der Waals surface area contributed by atoms with E-state index in [1.54, 1.807) is 54.6 Å². The Morgan fingerprint density at radius 3 is 2.47 bits per heavy atom. The Labute approximate surface area is 205 Å². The van der Waals surface area contributed by atoms with Crippen LogP contribution in [0.5, 0.6) is 11.7 Å². The first-order valence-electron chi connectivity index (χ1n) is 10.3. The van der Waals surface area contributed by atoms with Gasteiger partial charge in [-0.1, -0.05) is 18.2 Å². The van der Waals surface area contributed by atoms with Gasteiger partial charge in [0.15, 0.2) is 5.95 Å². The van der Waals surface area contributed by atoms with Gasteiger partial charge in [0.1, 0.15) is 15.5 Å². The molecule has 0 saturated carbocycles. The molecular formula is C24H15F3N4O4S. The van der Waals surface area contributed by atoms with Crippen LogP contribution in [0.2, 0.25) is 0 Å². The third-order valence-corrected chi connectivity index (χ3v) is 6.52. The Kier molecular flexibility index (Phi) is 5.59. The molecule has 0 aliphatic carbocycles. The second kappa shape index (κ2) is 8.64. The molecule has 2 aromatic carbocycles. The molecule has 0 amide bonds. The van der Waals surface area contributed by atoms with Crippen molar-refractivity contribution in [2.24, 2.45) is 0 Å². The highest BCUT2D eigenvalue weighted by Gasteiger charge is 2.38. The standard InChI is InChI=1S/C24H15F3N4O4S/c1-34-14-9-7-12(8-10-14)16-11-15(24(25,26)27)17-18(28)21(36-22(17)29-16)20(32)19-23(33)35-30-31(19)13-5-3-2-4-6-13/h2-11H,1H3,(H2-,28,30,32,33). The number of ether oxygens (including phenoxy) is 1. The van der Waals surface area contributed by atoms with Gasteiger partial charge in [0, 0.05) is 23.1 Å². The Balaban J connectivity index is 1.69. The van der Waals surface area contributed by atoms with Crippen LogP contribution in [0, 0.1) is 0 Å². The minimum atomic E-state index is -4.79. The molecule has 2 N–H and O–H groups in total. The minimum absolute atomic E-state index is 0.0339. The molecule has 5 rings (SSSR count). The average Bonchev–Trinajstić information content (AvgIpc) is 3.43. The van der Waals surface area contributed by atoms with Crippen molar-refractivity contribution in [3.05, 3.63) is 76.8 Å². The molecule has 0 aliphatic heterocycles. The van der Waals surface area contributed by atoms with Gasteiger partial charge < -0.3 is 20.1 Å². The molecule has 0 radical (unpaired) electrons. The number of hydrogen-bond acceptors (Lipinski definition) is 8. The van der Waals surface area contributed by atoms with E-state index in [0.717, 1.165) is 10.7 Å². The lowest BCUT2D eigenvalue weighted by atomic mass is 10.0. The van der Waals surface area contributed by atoms with Crippen molar-refractivity contribution in [1.29, 1.82) is 0 Å². The summed E-state index contributed by atoms with van der Waals surface area (Å²) in [4.78, 5) is 17.3. The van der Waals surface area contributed by atoms with E-state index < -0.39 is 40.2 Å². The van der Waals surface area contributed by atoms with Gasteiger partial charge >= 0.3 is 11.9 Å². The van der Waals surface area contributed by atoms with E-state index in [0.29, 0.717) is 28.3 Å². The Morgan fingerprint density at radius 2 is 1.83 bits per heavy atom. The van der Waals surface area contributed by atoms with E-state index in [2.05, 4.69) is 14.8 Å². The first-order valence-corrected chi connectivity index (χ1v) is 11.1. The summed E-state index contributed by atoms with van der Waals surface area (Å²) in [6.45, 7) is 0. The number of pyridine rings is 1. The molecule has 5 aromatic rings. The zero-order valence-electron chi connectivity index (χ0n) is 18.4. The van der Waals surface area contributed by atoms with Gasteiger partial charge in [0.25, 0.3) is 5.78 Å². The average molecular weight is 512 g/mol. The monoisotopic (exact) mass is 512 g/mol. The van der Waals surface area contributed by atoms with Crippen LogP contribution in [-0.4, -0.2) is 23.1 Å². The normalized spacial score (nSPS) is 11.7. The fraction of sp³-hybridized carbons (Fsp3) is 0.0833. The van der Waals surface area contributed by atoms with Gasteiger partial charge in [-0.05, 0) is 35.0 Å². The van der Waals surface area contributed by atoms with Gasteiger partial charge in [0.05, 0.1) is 29.3 Å². The maximum Gasteiger partial charge on any atom is 0.417 e. The number of ketones is 1. The summed E-state index contributed by atoms with van der Waals surface area (Å²) >= 11 is 0.658. The lowest BCUT2D eigenvalue weighted by molar-refractivity contribution is -0.672. The van der Waals surface area contributed by atoms with E-state index in [9.17, 15) is 23.1 Å². The Hall–Kier alpha value is -4.45. The van der Waals surface area contributed by atoms with Gasteiger partial charge in [0.2, 0.25) is 5.69 Å². The SMILES string of the molecule is COc1ccc(-c2cc(C(F)(F)F)c3c(N)c(C(=O)c4c([O-])on[n+]4-c4ccccc4)sc3n2)cc1. The summed E-state index contributed by atoms with van der Waals surface area (Å²) in [6.07, 6.45) is -4.79. The van der Waals surface area contributed by atoms with Crippen molar-refractivity contribution < 1.29 is 37.0 Å². The minimum Gasteiger partial charge on any atom is -0.539 e. The number of rotatable bonds is 5. The smallest absolute Gasteiger partial charge is 0.417 e. The second-order valence-corrected chi connectivity index (χ2v) is 8.59. The lowest BCUT2D eigenvalue weighted by Crippen LogP contribution is -2.39. The van der Waals surface area contributed by atoms with Crippen molar-refractivity contribution in [2.75, 3.05) is 12.8 Å². The highest BCUT2D eigenvalue weighted by atomic mass is 32.1. The number of nitrogens with two attached hydrogens (primary N) is 1. The topological polar surface area (TPSA) is 118 Å². The molecule has 0 fully saturated rings. The van der Waals surface area contributed by atoms with Crippen LogP contribution in [0.25, 0.3) is 27.2 Å². The maximum absolute atomic E-state index is 14.1. The number of benzene rings is 2. The molecule has 3 aromatic heterocycles. The fourth-order valence-corrected chi connectivity index (χ4v) is 4.77. The van der Waals surface area contributed by atoms with Crippen molar-refractivity contribution in [3.63, 3.8) is 0 Å². The van der Waals surface area contributed by atoms with E-state index >= 15 is 0 Å². The summed E-state index contributed by atoms with van der Waals surface area (Å²) in [5.41, 5.74) is 4.90. The number of halogens is 3. The first kappa shape index (κ1) is 23.3. The molecular weight excluding hydrogens is 497 g/mol. The zero-order chi connectivity index (χ0) is 25.6. The number of aromatic nitrogens is 3. The molecule has 0 aliphatic rings. The van der Waals surface area contributed by atoms with Crippen molar-refractivity contribution in [1.82, 2.24) is 10.3 Å². The first-order chi connectivity index (χ1) is 17.2. The number of thiophene rings is 1. The second-order valence-electron chi connectivity index (χ2n) is 7.59. The number of alkyl halides is 3. The van der Waals surface area contributed by atoms with Crippen LogP contribution in [0.15, 0.2) is 65.2 Å². The third kappa shape index (κ3) is 3.90. The van der Waals surface area contributed by atoms with Crippen molar-refractivity contribution in [3.8, 4) is 28.6 Å². The summed E-state index contributed by atoms with van der Waals surface area (Å²) in [5, 5.41) is 15.6. The van der Waals surface area contributed by atoms with Crippen LogP contribution in [0.3, 0.4) is 0 Å². The maximum atomic E-state index is 14.1. The van der Waals surface area contributed by atoms with Crippen LogP contribution < -0.4 is 20.3 Å². The fourth-order valence-electron chi connectivity index (χ4n) is 3.71. The van der Waals surface area contributed by atoms with Crippen LogP contribution in [0.1, 0.15) is 20.9 Å². The summed E-state index contributed by atoms with van der Waals surface area (Å²) in [5.74, 6) is -1.45. The van der Waals surface area contributed by atoms with Gasteiger partial charge in [-0.2, -0.15) is 13.2 Å². The van der Waals surface area contributed by atoms with Crippen LogP contribution in [-0.2, 0) is 6.18 Å². The highest BCUT2D eigenvalue weighted by molar-refractivity contribution is 7.21. The lowest BCUT2D eigenvalue weighted by Gasteiger charge is -2.11. The summed E-state index contributed by atoms with van der Waals surface area (Å²) < 4.78 is 53.0. The molecule has 0 atom stereocenters. The van der Waals surface area contributed by atoms with Gasteiger partial charge in [-0.25, -0.2) is 4.98 Å². The number of nitrogen functional groups attached to an aromatic ring is 1. The van der Waals surface area contributed by atoms with Gasteiger partial charge in [-0.15, -0.1) is 11.3 Å². The zero-order valence-corrected chi connectivity index (χ0v) is 19.2. The molecule has 36 heavy (non-hydrogen) atoms. The van der Waals surface area contributed by atoms with Gasteiger partial charge in [-0.3, -0.25) is 4.79 Å². The molecule has 8 nitrogen and oxygen atoms in total. The summed E-state index contributed by atoms with van der Waals surface area (Å²) in [7, 11) is 1.47. The number of anilines is 1. The predicted octanol–water partition coefficient (Wildman–Crippen LogP) is 4.14. The molecule has 0 bridgehead atoms. The van der Waals surface area contributed by atoms with E-state index in [-0.39, 0.29) is 15.4 Å². The quantitative estimate of drug-likeness (QED) is 0.278. The number of methoxy groups -OCH3 is 1.